The molecule has 6 heteroatoms. The summed E-state index contributed by atoms with van der Waals surface area (Å²) in [5.41, 5.74) is 2.45. The van der Waals surface area contributed by atoms with Gasteiger partial charge in [-0.3, -0.25) is 14.7 Å². The smallest absolute Gasteiger partial charge is 0.303 e. The average Bonchev–Trinajstić information content (AvgIpc) is 2.71. The normalized spacial score (nSPS) is 11.0. The first-order chi connectivity index (χ1) is 8.54. The average molecular weight is 249 g/mol. The van der Waals surface area contributed by atoms with Gasteiger partial charge < -0.3 is 5.11 Å². The van der Waals surface area contributed by atoms with Crippen molar-refractivity contribution in [3.8, 4) is 0 Å². The number of aliphatic carboxylic acids is 1. The molecule has 96 valence electrons. The zero-order valence-electron chi connectivity index (χ0n) is 10.4. The predicted octanol–water partition coefficient (Wildman–Crippen LogP) is 0.911. The molecule has 18 heavy (non-hydrogen) atoms. The third-order valence-corrected chi connectivity index (χ3v) is 3.01. The van der Waals surface area contributed by atoms with Crippen LogP contribution in [0.1, 0.15) is 30.2 Å². The van der Waals surface area contributed by atoms with Gasteiger partial charge in [0.1, 0.15) is 0 Å². The third kappa shape index (κ3) is 2.01. The monoisotopic (exact) mass is 249 g/mol. The van der Waals surface area contributed by atoms with Crippen LogP contribution < -0.4 is 5.56 Å². The SMILES string of the molecule is CCc1c[nH]n2c(=O)c(CCC(=O)O)c(C)nc12. The van der Waals surface area contributed by atoms with Crippen molar-refractivity contribution in [1.82, 2.24) is 14.6 Å². The van der Waals surface area contributed by atoms with Gasteiger partial charge in [0.05, 0.1) is 0 Å². The highest BCUT2D eigenvalue weighted by Gasteiger charge is 2.13. The maximum absolute atomic E-state index is 12.2. The fourth-order valence-electron chi connectivity index (χ4n) is 1.98. The van der Waals surface area contributed by atoms with Crippen molar-refractivity contribution in [2.75, 3.05) is 0 Å². The van der Waals surface area contributed by atoms with Gasteiger partial charge in [-0.1, -0.05) is 6.92 Å². The van der Waals surface area contributed by atoms with Gasteiger partial charge in [0, 0.05) is 29.4 Å². The van der Waals surface area contributed by atoms with Crippen LogP contribution in [0.5, 0.6) is 0 Å². The Hall–Kier alpha value is -2.11. The number of hydrogen-bond donors (Lipinski definition) is 2. The quantitative estimate of drug-likeness (QED) is 0.843. The standard InChI is InChI=1S/C12H15N3O3/c1-3-8-6-13-15-11(8)14-7(2)9(12(15)18)4-5-10(16)17/h6,13H,3-5H2,1-2H3,(H,16,17). The maximum Gasteiger partial charge on any atom is 0.303 e. The zero-order chi connectivity index (χ0) is 13.3. The van der Waals surface area contributed by atoms with Gasteiger partial charge in [0.2, 0.25) is 0 Å². The number of H-pyrrole nitrogens is 1. The number of nitrogens with one attached hydrogen (secondary N) is 1. The molecule has 2 aromatic rings. The van der Waals surface area contributed by atoms with Crippen LogP contribution >= 0.6 is 0 Å². The van der Waals surface area contributed by atoms with Gasteiger partial charge in [-0.25, -0.2) is 9.50 Å². The number of aryl methyl sites for hydroxylation is 2. The number of fused-ring (bicyclic) bond motifs is 1. The first kappa shape index (κ1) is 12.3. The summed E-state index contributed by atoms with van der Waals surface area (Å²) in [5.74, 6) is -0.917. The summed E-state index contributed by atoms with van der Waals surface area (Å²) in [7, 11) is 0. The Morgan fingerprint density at radius 1 is 1.56 bits per heavy atom. The lowest BCUT2D eigenvalue weighted by molar-refractivity contribution is -0.136. The van der Waals surface area contributed by atoms with E-state index in [0.717, 1.165) is 12.0 Å². The van der Waals surface area contributed by atoms with Crippen LogP contribution in [0.4, 0.5) is 0 Å². The summed E-state index contributed by atoms with van der Waals surface area (Å²) in [6, 6.07) is 0. The molecule has 0 spiro atoms. The molecular formula is C12H15N3O3. The molecule has 0 aliphatic carbocycles. The Kier molecular flexibility index (Phi) is 3.18. The molecule has 0 fully saturated rings. The number of rotatable bonds is 4. The minimum absolute atomic E-state index is 0.0643. The van der Waals surface area contributed by atoms with Crippen LogP contribution in [0.3, 0.4) is 0 Å². The Morgan fingerprint density at radius 3 is 2.89 bits per heavy atom. The van der Waals surface area contributed by atoms with Gasteiger partial charge in [-0.05, 0) is 19.8 Å². The molecule has 0 bridgehead atoms. The van der Waals surface area contributed by atoms with Gasteiger partial charge in [-0.2, -0.15) is 0 Å². The van der Waals surface area contributed by atoms with E-state index in [-0.39, 0.29) is 18.4 Å². The molecule has 0 atom stereocenters. The van der Waals surface area contributed by atoms with E-state index < -0.39 is 5.97 Å². The Morgan fingerprint density at radius 2 is 2.28 bits per heavy atom. The van der Waals surface area contributed by atoms with Crippen LogP contribution in [0.2, 0.25) is 0 Å². The summed E-state index contributed by atoms with van der Waals surface area (Å²) < 4.78 is 1.38. The van der Waals surface area contributed by atoms with Crippen LogP contribution in [-0.4, -0.2) is 25.7 Å². The Balaban J connectivity index is 2.56. The number of aromatic amines is 1. The molecule has 0 saturated heterocycles. The van der Waals surface area contributed by atoms with E-state index in [2.05, 4.69) is 10.1 Å². The van der Waals surface area contributed by atoms with E-state index in [4.69, 9.17) is 5.11 Å². The largest absolute Gasteiger partial charge is 0.481 e. The van der Waals surface area contributed by atoms with E-state index in [0.29, 0.717) is 16.9 Å². The molecule has 0 aliphatic rings. The highest BCUT2D eigenvalue weighted by molar-refractivity contribution is 5.67. The van der Waals surface area contributed by atoms with Crippen molar-refractivity contribution in [3.63, 3.8) is 0 Å². The van der Waals surface area contributed by atoms with Crippen molar-refractivity contribution in [1.29, 1.82) is 0 Å². The minimum Gasteiger partial charge on any atom is -0.481 e. The third-order valence-electron chi connectivity index (χ3n) is 3.01. The molecule has 0 unspecified atom stereocenters. The summed E-state index contributed by atoms with van der Waals surface area (Å²) in [6.07, 6.45) is 2.68. The molecular weight excluding hydrogens is 234 g/mol. The lowest BCUT2D eigenvalue weighted by Crippen LogP contribution is -2.22. The summed E-state index contributed by atoms with van der Waals surface area (Å²) in [6.45, 7) is 3.73. The summed E-state index contributed by atoms with van der Waals surface area (Å²) >= 11 is 0. The van der Waals surface area contributed by atoms with Crippen LogP contribution in [-0.2, 0) is 17.6 Å². The number of aromatic nitrogens is 3. The van der Waals surface area contributed by atoms with Crippen molar-refractivity contribution in [2.24, 2.45) is 0 Å². The molecule has 0 aromatic carbocycles. The highest BCUT2D eigenvalue weighted by Crippen LogP contribution is 2.10. The highest BCUT2D eigenvalue weighted by atomic mass is 16.4. The van der Waals surface area contributed by atoms with E-state index in [9.17, 15) is 9.59 Å². The molecule has 2 heterocycles. The molecule has 0 amide bonds. The molecule has 0 saturated carbocycles. The van der Waals surface area contributed by atoms with E-state index >= 15 is 0 Å². The number of hydrogen-bond acceptors (Lipinski definition) is 3. The number of carboxylic acids is 1. The zero-order valence-corrected chi connectivity index (χ0v) is 10.4. The molecule has 0 aliphatic heterocycles. The Bertz CT molecular complexity index is 654. The van der Waals surface area contributed by atoms with Gasteiger partial charge in [-0.15, -0.1) is 0 Å². The second-order valence-electron chi connectivity index (χ2n) is 4.19. The fourth-order valence-corrected chi connectivity index (χ4v) is 1.98. The van der Waals surface area contributed by atoms with Crippen molar-refractivity contribution >= 4 is 11.6 Å². The molecule has 2 rings (SSSR count). The fraction of sp³-hybridized carbons (Fsp3) is 0.417. The van der Waals surface area contributed by atoms with Crippen molar-refractivity contribution in [2.45, 2.75) is 33.1 Å². The molecule has 0 radical (unpaired) electrons. The van der Waals surface area contributed by atoms with E-state index in [1.54, 1.807) is 13.1 Å². The topological polar surface area (TPSA) is 87.5 Å². The predicted molar refractivity (Wildman–Crippen MR) is 65.9 cm³/mol. The number of carboxylic acid groups (broad SMARTS) is 1. The second kappa shape index (κ2) is 4.64. The summed E-state index contributed by atoms with van der Waals surface area (Å²) in [5, 5.41) is 11.5. The first-order valence-electron chi connectivity index (χ1n) is 5.85. The van der Waals surface area contributed by atoms with Gasteiger partial charge in [0.15, 0.2) is 5.65 Å². The minimum atomic E-state index is -0.917. The van der Waals surface area contributed by atoms with Crippen molar-refractivity contribution in [3.05, 3.63) is 33.4 Å². The second-order valence-corrected chi connectivity index (χ2v) is 4.19. The van der Waals surface area contributed by atoms with Crippen molar-refractivity contribution < 1.29 is 9.90 Å². The lowest BCUT2D eigenvalue weighted by Gasteiger charge is -2.04. The van der Waals surface area contributed by atoms with E-state index in [1.807, 2.05) is 6.92 Å². The lowest BCUT2D eigenvalue weighted by atomic mass is 10.1. The van der Waals surface area contributed by atoms with E-state index in [1.165, 1.54) is 4.52 Å². The van der Waals surface area contributed by atoms with Gasteiger partial charge in [0.25, 0.3) is 5.56 Å². The molecule has 6 nitrogen and oxygen atoms in total. The van der Waals surface area contributed by atoms with Gasteiger partial charge >= 0.3 is 5.97 Å². The Labute approximate surface area is 103 Å². The summed E-state index contributed by atoms with van der Waals surface area (Å²) in [4.78, 5) is 27.1. The van der Waals surface area contributed by atoms with Crippen LogP contribution in [0.15, 0.2) is 11.0 Å². The number of carbonyl (C=O) groups is 1. The van der Waals surface area contributed by atoms with Crippen LogP contribution in [0, 0.1) is 6.92 Å². The maximum atomic E-state index is 12.2. The molecule has 2 aromatic heterocycles. The molecule has 2 N–H and O–H groups in total. The number of nitrogens with zero attached hydrogens (tertiary/aromatic N) is 2. The first-order valence-corrected chi connectivity index (χ1v) is 5.85. The van der Waals surface area contributed by atoms with Crippen LogP contribution in [0.25, 0.3) is 5.65 Å².